The zero-order valence-corrected chi connectivity index (χ0v) is 15.7. The number of carbonyl (C=O) groups excluding carboxylic acids is 1. The van der Waals surface area contributed by atoms with E-state index in [9.17, 15) is 9.18 Å². The fourth-order valence-electron chi connectivity index (χ4n) is 3.28. The van der Waals surface area contributed by atoms with Crippen molar-refractivity contribution < 1.29 is 18.7 Å². The lowest BCUT2D eigenvalue weighted by Gasteiger charge is -2.19. The number of anilines is 1. The first-order chi connectivity index (χ1) is 14.2. The minimum Gasteiger partial charge on any atom is -0.467 e. The third-order valence-corrected chi connectivity index (χ3v) is 4.63. The molecule has 1 amide bonds. The molecule has 3 aromatic carbocycles. The van der Waals surface area contributed by atoms with Crippen LogP contribution < -0.4 is 10.1 Å². The molecule has 29 heavy (non-hydrogen) atoms. The van der Waals surface area contributed by atoms with Crippen molar-refractivity contribution in [3.05, 3.63) is 101 Å². The second-order valence-electron chi connectivity index (χ2n) is 6.74. The molecule has 146 valence electrons. The van der Waals surface area contributed by atoms with Gasteiger partial charge >= 0.3 is 0 Å². The van der Waals surface area contributed by atoms with Crippen LogP contribution in [0, 0.1) is 5.82 Å². The van der Waals surface area contributed by atoms with Crippen molar-refractivity contribution in [1.29, 1.82) is 0 Å². The minimum atomic E-state index is -0.397. The van der Waals surface area contributed by atoms with Crippen LogP contribution in [0.2, 0.25) is 0 Å². The molecule has 0 atom stereocenters. The van der Waals surface area contributed by atoms with Crippen molar-refractivity contribution in [2.75, 3.05) is 12.1 Å². The maximum atomic E-state index is 13.8. The van der Waals surface area contributed by atoms with Gasteiger partial charge in [-0.05, 0) is 41.8 Å². The molecule has 4 nitrogen and oxygen atoms in total. The predicted octanol–water partition coefficient (Wildman–Crippen LogP) is 4.93. The molecular weight excluding hydrogens is 369 g/mol. The number of rotatable bonds is 5. The third kappa shape index (κ3) is 4.70. The van der Waals surface area contributed by atoms with Crippen LogP contribution in [0.1, 0.15) is 22.3 Å². The second kappa shape index (κ2) is 8.71. The molecule has 5 heteroatoms. The molecule has 0 aromatic heterocycles. The Balaban J connectivity index is 1.50. The van der Waals surface area contributed by atoms with Gasteiger partial charge in [0, 0.05) is 22.9 Å². The molecule has 3 aromatic rings. The average Bonchev–Trinajstić information content (AvgIpc) is 2.74. The van der Waals surface area contributed by atoms with E-state index in [1.165, 1.54) is 18.2 Å². The number of fused-ring (bicyclic) bond motifs is 1. The standard InChI is InChI=1S/C24H20FNO3/c25-21-13-19(24-20(14-21)15-28-16-29-24)10-11-23(27)26-22-9-5-4-8-18(22)12-17-6-2-1-3-7-17/h1-11,13-14H,12,15-16H2,(H,26,27)/b11-10+. The lowest BCUT2D eigenvalue weighted by atomic mass is 10.0. The van der Waals surface area contributed by atoms with Gasteiger partial charge in [0.2, 0.25) is 5.91 Å². The van der Waals surface area contributed by atoms with Crippen LogP contribution in [0.5, 0.6) is 5.75 Å². The molecule has 1 aliphatic rings. The monoisotopic (exact) mass is 389 g/mol. The lowest BCUT2D eigenvalue weighted by Crippen LogP contribution is -2.13. The number of nitrogens with one attached hydrogen (secondary N) is 1. The summed E-state index contributed by atoms with van der Waals surface area (Å²) in [4.78, 5) is 12.5. The van der Waals surface area contributed by atoms with Crippen molar-refractivity contribution in [1.82, 2.24) is 0 Å². The van der Waals surface area contributed by atoms with Gasteiger partial charge in [-0.15, -0.1) is 0 Å². The van der Waals surface area contributed by atoms with Crippen LogP contribution in [0.15, 0.2) is 72.8 Å². The summed E-state index contributed by atoms with van der Waals surface area (Å²) >= 11 is 0. The van der Waals surface area contributed by atoms with Gasteiger partial charge in [0.15, 0.2) is 6.79 Å². The highest BCUT2D eigenvalue weighted by atomic mass is 19.1. The van der Waals surface area contributed by atoms with Gasteiger partial charge in [0.05, 0.1) is 6.61 Å². The fraction of sp³-hybridized carbons (Fsp3) is 0.125. The average molecular weight is 389 g/mol. The van der Waals surface area contributed by atoms with Crippen LogP contribution in [-0.2, 0) is 22.6 Å². The maximum Gasteiger partial charge on any atom is 0.248 e. The second-order valence-corrected chi connectivity index (χ2v) is 6.74. The summed E-state index contributed by atoms with van der Waals surface area (Å²) in [6.07, 6.45) is 3.65. The number of halogens is 1. The number of para-hydroxylation sites is 1. The van der Waals surface area contributed by atoms with Gasteiger partial charge in [-0.1, -0.05) is 48.5 Å². The summed E-state index contributed by atoms with van der Waals surface area (Å²) in [5.41, 5.74) is 4.07. The molecule has 1 heterocycles. The van der Waals surface area contributed by atoms with Crippen molar-refractivity contribution in [2.45, 2.75) is 13.0 Å². The first-order valence-corrected chi connectivity index (χ1v) is 9.33. The first-order valence-electron chi connectivity index (χ1n) is 9.33. The van der Waals surface area contributed by atoms with E-state index in [2.05, 4.69) is 17.4 Å². The number of carbonyl (C=O) groups is 1. The summed E-state index contributed by atoms with van der Waals surface area (Å²) in [5.74, 6) is -0.145. The molecule has 1 aliphatic heterocycles. The Morgan fingerprint density at radius 3 is 2.72 bits per heavy atom. The zero-order valence-electron chi connectivity index (χ0n) is 15.7. The Bertz CT molecular complexity index is 1050. The number of benzene rings is 3. The molecule has 1 N–H and O–H groups in total. The van der Waals surface area contributed by atoms with Gasteiger partial charge in [-0.2, -0.15) is 0 Å². The molecule has 4 rings (SSSR count). The smallest absolute Gasteiger partial charge is 0.248 e. The quantitative estimate of drug-likeness (QED) is 0.629. The Labute approximate surface area is 168 Å². The van der Waals surface area contributed by atoms with E-state index in [0.29, 0.717) is 23.3 Å². The Morgan fingerprint density at radius 1 is 1.07 bits per heavy atom. The highest BCUT2D eigenvalue weighted by molar-refractivity contribution is 6.02. The van der Waals surface area contributed by atoms with E-state index in [4.69, 9.17) is 9.47 Å². The van der Waals surface area contributed by atoms with Crippen molar-refractivity contribution >= 4 is 17.7 Å². The Hall–Kier alpha value is -3.44. The van der Waals surface area contributed by atoms with Crippen LogP contribution in [0.25, 0.3) is 6.08 Å². The molecule has 0 saturated carbocycles. The molecular formula is C24H20FNO3. The maximum absolute atomic E-state index is 13.8. The van der Waals surface area contributed by atoms with Crippen LogP contribution in [-0.4, -0.2) is 12.7 Å². The number of amides is 1. The molecule has 0 aliphatic carbocycles. The predicted molar refractivity (Wildman–Crippen MR) is 110 cm³/mol. The first kappa shape index (κ1) is 18.9. The largest absolute Gasteiger partial charge is 0.467 e. The molecule has 0 fully saturated rings. The van der Waals surface area contributed by atoms with E-state index in [-0.39, 0.29) is 19.3 Å². The van der Waals surface area contributed by atoms with E-state index in [1.807, 2.05) is 42.5 Å². The Morgan fingerprint density at radius 2 is 1.86 bits per heavy atom. The van der Waals surface area contributed by atoms with Gasteiger partial charge < -0.3 is 14.8 Å². The van der Waals surface area contributed by atoms with Crippen LogP contribution >= 0.6 is 0 Å². The topological polar surface area (TPSA) is 47.6 Å². The minimum absolute atomic E-state index is 0.110. The van der Waals surface area contributed by atoms with Gasteiger partial charge in [-0.3, -0.25) is 4.79 Å². The SMILES string of the molecule is O=C(/C=C/c1cc(F)cc2c1OCOC2)Nc1ccccc1Cc1ccccc1. The van der Waals surface area contributed by atoms with Crippen molar-refractivity contribution in [3.8, 4) is 5.75 Å². The van der Waals surface area contributed by atoms with E-state index < -0.39 is 5.82 Å². The Kier molecular flexibility index (Phi) is 5.68. The van der Waals surface area contributed by atoms with Crippen molar-refractivity contribution in [3.63, 3.8) is 0 Å². The van der Waals surface area contributed by atoms with E-state index in [1.54, 1.807) is 6.08 Å². The fourth-order valence-corrected chi connectivity index (χ4v) is 3.28. The highest BCUT2D eigenvalue weighted by Gasteiger charge is 2.15. The van der Waals surface area contributed by atoms with Gasteiger partial charge in [0.25, 0.3) is 0 Å². The number of hydrogen-bond acceptors (Lipinski definition) is 3. The number of hydrogen-bond donors (Lipinski definition) is 1. The molecule has 0 saturated heterocycles. The van der Waals surface area contributed by atoms with Gasteiger partial charge in [-0.25, -0.2) is 4.39 Å². The zero-order chi connectivity index (χ0) is 20.1. The highest BCUT2D eigenvalue weighted by Crippen LogP contribution is 2.30. The van der Waals surface area contributed by atoms with Crippen LogP contribution in [0.4, 0.5) is 10.1 Å². The normalized spacial score (nSPS) is 13.0. The molecule has 0 bridgehead atoms. The van der Waals surface area contributed by atoms with E-state index >= 15 is 0 Å². The van der Waals surface area contributed by atoms with Crippen LogP contribution in [0.3, 0.4) is 0 Å². The summed E-state index contributed by atoms with van der Waals surface area (Å²) in [5, 5.41) is 2.91. The summed E-state index contributed by atoms with van der Waals surface area (Å²) < 4.78 is 24.5. The molecule has 0 unspecified atom stereocenters. The van der Waals surface area contributed by atoms with E-state index in [0.717, 1.165) is 16.8 Å². The summed E-state index contributed by atoms with van der Waals surface area (Å²) in [7, 11) is 0. The summed E-state index contributed by atoms with van der Waals surface area (Å²) in [6.45, 7) is 0.394. The number of ether oxygens (including phenoxy) is 2. The molecule has 0 radical (unpaired) electrons. The molecule has 0 spiro atoms. The summed E-state index contributed by atoms with van der Waals surface area (Å²) in [6, 6.07) is 20.5. The third-order valence-electron chi connectivity index (χ3n) is 4.63. The van der Waals surface area contributed by atoms with Gasteiger partial charge in [0.1, 0.15) is 11.6 Å². The van der Waals surface area contributed by atoms with Crippen molar-refractivity contribution in [2.24, 2.45) is 0 Å². The lowest BCUT2D eigenvalue weighted by molar-refractivity contribution is -0.111.